The highest BCUT2D eigenvalue weighted by atomic mass is 19.4. The topological polar surface area (TPSA) is 77.3 Å². The summed E-state index contributed by atoms with van der Waals surface area (Å²) in [6.45, 7) is 1.59. The molecule has 0 unspecified atom stereocenters. The molecule has 1 amide bonds. The fraction of sp³-hybridized carbons (Fsp3) is 0.579. The molecule has 2 aromatic heterocycles. The Morgan fingerprint density at radius 1 is 1.28 bits per heavy atom. The molecule has 2 fully saturated rings. The van der Waals surface area contributed by atoms with Crippen LogP contribution in [0, 0.1) is 6.92 Å². The van der Waals surface area contributed by atoms with E-state index in [1.165, 1.54) is 23.6 Å². The maximum Gasteiger partial charge on any atom is 0.417 e. The lowest BCUT2D eigenvalue weighted by Crippen LogP contribution is -2.42. The van der Waals surface area contributed by atoms with Gasteiger partial charge in [-0.05, 0) is 38.7 Å². The minimum absolute atomic E-state index is 0.0159. The summed E-state index contributed by atoms with van der Waals surface area (Å²) >= 11 is 0. The smallest absolute Gasteiger partial charge is 0.417 e. The second-order valence-electron chi connectivity index (χ2n) is 7.58. The third kappa shape index (κ3) is 3.56. The van der Waals surface area contributed by atoms with E-state index in [-0.39, 0.29) is 29.2 Å². The highest BCUT2D eigenvalue weighted by molar-refractivity contribution is 5.87. The molecular weight excluding hydrogens is 389 g/mol. The molecule has 0 aromatic carbocycles. The Labute approximate surface area is 164 Å². The van der Waals surface area contributed by atoms with Gasteiger partial charge in [0.05, 0.1) is 23.8 Å². The number of fused-ring (bicyclic) bond motifs is 1. The van der Waals surface area contributed by atoms with E-state index in [1.807, 2.05) is 0 Å². The number of hydrogen-bond donors (Lipinski definition) is 0. The van der Waals surface area contributed by atoms with Crippen LogP contribution in [0.4, 0.5) is 13.2 Å². The molecule has 2 aliphatic rings. The Bertz CT molecular complexity index is 981. The van der Waals surface area contributed by atoms with Gasteiger partial charge in [0.1, 0.15) is 12.6 Å². The van der Waals surface area contributed by atoms with E-state index in [4.69, 9.17) is 4.74 Å². The van der Waals surface area contributed by atoms with Crippen molar-refractivity contribution in [3.63, 3.8) is 0 Å². The third-order valence-electron chi connectivity index (χ3n) is 5.53. The minimum Gasteiger partial charge on any atom is -0.467 e. The number of amides is 1. The highest BCUT2D eigenvalue weighted by Gasteiger charge is 2.39. The van der Waals surface area contributed by atoms with Gasteiger partial charge >= 0.3 is 12.1 Å². The summed E-state index contributed by atoms with van der Waals surface area (Å²) in [7, 11) is 1.26. The van der Waals surface area contributed by atoms with Crippen LogP contribution in [0.15, 0.2) is 6.07 Å². The number of rotatable bonds is 4. The normalized spacial score (nSPS) is 19.8. The van der Waals surface area contributed by atoms with Gasteiger partial charge in [-0.3, -0.25) is 4.79 Å². The van der Waals surface area contributed by atoms with Crippen LogP contribution < -0.4 is 0 Å². The molecule has 156 valence electrons. The van der Waals surface area contributed by atoms with Crippen molar-refractivity contribution >= 4 is 22.9 Å². The van der Waals surface area contributed by atoms with E-state index >= 15 is 0 Å². The van der Waals surface area contributed by atoms with Crippen LogP contribution in [0.3, 0.4) is 0 Å². The number of aryl methyl sites for hydroxylation is 1. The Kier molecular flexibility index (Phi) is 4.74. The van der Waals surface area contributed by atoms with Crippen molar-refractivity contribution < 1.29 is 27.5 Å². The van der Waals surface area contributed by atoms with E-state index in [0.717, 1.165) is 18.9 Å². The van der Waals surface area contributed by atoms with Gasteiger partial charge in [-0.1, -0.05) is 0 Å². The predicted octanol–water partition coefficient (Wildman–Crippen LogP) is 2.80. The van der Waals surface area contributed by atoms with Crippen molar-refractivity contribution in [2.24, 2.45) is 0 Å². The number of pyridine rings is 1. The SMILES string of the molecule is COC(=O)[C@H]1CCCN1C(=O)Cn1nc(C)c2c(C(F)(F)F)cc(C3CC3)nc21. The fourth-order valence-corrected chi connectivity index (χ4v) is 3.96. The molecule has 1 saturated carbocycles. The number of alkyl halides is 3. The number of carbonyl (C=O) groups is 2. The van der Waals surface area contributed by atoms with E-state index in [9.17, 15) is 22.8 Å². The molecule has 29 heavy (non-hydrogen) atoms. The van der Waals surface area contributed by atoms with Crippen molar-refractivity contribution in [1.82, 2.24) is 19.7 Å². The molecule has 0 N–H and O–H groups in total. The molecular formula is C19H21F3N4O3. The number of nitrogens with zero attached hydrogens (tertiary/aromatic N) is 4. The molecule has 1 aliphatic carbocycles. The standard InChI is InChI=1S/C19H21F3N4O3/c1-10-16-12(19(20,21)22)8-13(11-5-6-11)23-17(16)26(24-10)9-15(27)25-7-3-4-14(25)18(28)29-2/h8,11,14H,3-7,9H2,1-2H3/t14-/m1/s1. The number of likely N-dealkylation sites (tertiary alicyclic amines) is 1. The van der Waals surface area contributed by atoms with Crippen LogP contribution in [0.25, 0.3) is 11.0 Å². The molecule has 0 bridgehead atoms. The van der Waals surface area contributed by atoms with Gasteiger partial charge in [-0.2, -0.15) is 18.3 Å². The average molecular weight is 410 g/mol. The van der Waals surface area contributed by atoms with Crippen LogP contribution in [0.2, 0.25) is 0 Å². The lowest BCUT2D eigenvalue weighted by molar-refractivity contribution is -0.151. The zero-order valence-electron chi connectivity index (χ0n) is 16.1. The first-order valence-electron chi connectivity index (χ1n) is 9.53. The van der Waals surface area contributed by atoms with Crippen molar-refractivity contribution in [3.8, 4) is 0 Å². The molecule has 2 aromatic rings. The molecule has 0 radical (unpaired) electrons. The number of carbonyl (C=O) groups excluding carboxylic acids is 2. The van der Waals surface area contributed by atoms with Gasteiger partial charge in [0.2, 0.25) is 5.91 Å². The summed E-state index contributed by atoms with van der Waals surface area (Å²) in [6.07, 6.45) is -1.78. The quantitative estimate of drug-likeness (QED) is 0.725. The van der Waals surface area contributed by atoms with E-state index < -0.39 is 29.7 Å². The first kappa shape index (κ1) is 19.7. The molecule has 1 saturated heterocycles. The Morgan fingerprint density at radius 2 is 2.00 bits per heavy atom. The summed E-state index contributed by atoms with van der Waals surface area (Å²) in [6, 6.07) is 0.436. The number of hydrogen-bond acceptors (Lipinski definition) is 5. The largest absolute Gasteiger partial charge is 0.467 e. The van der Waals surface area contributed by atoms with Gasteiger partial charge < -0.3 is 9.64 Å². The van der Waals surface area contributed by atoms with Crippen molar-refractivity contribution in [1.29, 1.82) is 0 Å². The maximum atomic E-state index is 13.7. The van der Waals surface area contributed by atoms with E-state index in [1.54, 1.807) is 0 Å². The van der Waals surface area contributed by atoms with E-state index in [0.29, 0.717) is 25.1 Å². The maximum absolute atomic E-state index is 13.7. The van der Waals surface area contributed by atoms with Crippen LogP contribution in [-0.2, 0) is 27.0 Å². The van der Waals surface area contributed by atoms with Crippen LogP contribution in [-0.4, -0.2) is 51.2 Å². The predicted molar refractivity (Wildman–Crippen MR) is 96.0 cm³/mol. The van der Waals surface area contributed by atoms with Crippen molar-refractivity contribution in [2.75, 3.05) is 13.7 Å². The summed E-state index contributed by atoms with van der Waals surface area (Å²) < 4.78 is 47.0. The zero-order valence-corrected chi connectivity index (χ0v) is 16.1. The molecule has 10 heteroatoms. The summed E-state index contributed by atoms with van der Waals surface area (Å²) in [4.78, 5) is 30.5. The second-order valence-corrected chi connectivity index (χ2v) is 7.58. The van der Waals surface area contributed by atoms with Gasteiger partial charge in [0, 0.05) is 18.2 Å². The van der Waals surface area contributed by atoms with Gasteiger partial charge in [0.25, 0.3) is 0 Å². The van der Waals surface area contributed by atoms with Gasteiger partial charge in [-0.25, -0.2) is 14.5 Å². The Balaban J connectivity index is 1.72. The summed E-state index contributed by atoms with van der Waals surface area (Å²) in [5.74, 6) is -0.873. The third-order valence-corrected chi connectivity index (χ3v) is 5.53. The first-order chi connectivity index (χ1) is 13.7. The number of esters is 1. The minimum atomic E-state index is -4.54. The monoisotopic (exact) mass is 410 g/mol. The lowest BCUT2D eigenvalue weighted by Gasteiger charge is -2.22. The Hall–Kier alpha value is -2.65. The number of ether oxygens (including phenoxy) is 1. The number of methoxy groups -OCH3 is 1. The van der Waals surface area contributed by atoms with Crippen molar-refractivity contribution in [3.05, 3.63) is 23.0 Å². The second kappa shape index (κ2) is 7.00. The molecule has 7 nitrogen and oxygen atoms in total. The Morgan fingerprint density at radius 3 is 2.62 bits per heavy atom. The molecule has 1 aliphatic heterocycles. The summed E-state index contributed by atoms with van der Waals surface area (Å²) in [5, 5.41) is 4.09. The average Bonchev–Trinajstić information content (AvgIpc) is 3.32. The van der Waals surface area contributed by atoms with E-state index in [2.05, 4.69) is 10.1 Å². The van der Waals surface area contributed by atoms with Gasteiger partial charge in [0.15, 0.2) is 5.65 Å². The number of halogens is 3. The zero-order chi connectivity index (χ0) is 20.9. The summed E-state index contributed by atoms with van der Waals surface area (Å²) in [5.41, 5.74) is -0.163. The van der Waals surface area contributed by atoms with Crippen LogP contribution >= 0.6 is 0 Å². The fourth-order valence-electron chi connectivity index (χ4n) is 3.96. The molecule has 1 atom stereocenters. The number of aromatic nitrogens is 3. The molecule has 4 rings (SSSR count). The first-order valence-corrected chi connectivity index (χ1v) is 9.53. The lowest BCUT2D eigenvalue weighted by atomic mass is 10.1. The molecule has 0 spiro atoms. The van der Waals surface area contributed by atoms with Crippen LogP contribution in [0.5, 0.6) is 0 Å². The van der Waals surface area contributed by atoms with Crippen LogP contribution in [0.1, 0.15) is 48.6 Å². The van der Waals surface area contributed by atoms with Crippen molar-refractivity contribution in [2.45, 2.75) is 57.3 Å². The molecule has 3 heterocycles. The van der Waals surface area contributed by atoms with Gasteiger partial charge in [-0.15, -0.1) is 0 Å². The highest BCUT2D eigenvalue weighted by Crippen LogP contribution is 2.43.